The van der Waals surface area contributed by atoms with Gasteiger partial charge in [-0.05, 0) is 35.2 Å². The van der Waals surface area contributed by atoms with Gasteiger partial charge in [-0.3, -0.25) is 14.0 Å². The van der Waals surface area contributed by atoms with Crippen molar-refractivity contribution in [3.63, 3.8) is 0 Å². The molecule has 4 aromatic rings. The molecule has 0 atom stereocenters. The predicted molar refractivity (Wildman–Crippen MR) is 109 cm³/mol. The average molecular weight is 429 g/mol. The minimum absolute atomic E-state index is 0.0233. The summed E-state index contributed by atoms with van der Waals surface area (Å²) >= 11 is 0. The third-order valence-corrected chi connectivity index (χ3v) is 4.64. The lowest BCUT2D eigenvalue weighted by Gasteiger charge is -2.07. The molecule has 160 valence electrons. The van der Waals surface area contributed by atoms with Crippen LogP contribution in [-0.4, -0.2) is 33.0 Å². The van der Waals surface area contributed by atoms with Crippen LogP contribution in [0.4, 0.5) is 13.2 Å². The molecule has 10 heteroatoms. The van der Waals surface area contributed by atoms with E-state index < -0.39 is 18.6 Å². The van der Waals surface area contributed by atoms with Gasteiger partial charge in [-0.1, -0.05) is 18.2 Å². The van der Waals surface area contributed by atoms with Gasteiger partial charge in [0.15, 0.2) is 0 Å². The number of aromatic nitrogens is 3. The van der Waals surface area contributed by atoms with Crippen LogP contribution in [0.3, 0.4) is 0 Å². The van der Waals surface area contributed by atoms with Crippen molar-refractivity contribution in [1.29, 1.82) is 0 Å². The molecular weight excluding hydrogens is 411 g/mol. The minimum atomic E-state index is -4.26. The van der Waals surface area contributed by atoms with E-state index in [9.17, 15) is 22.8 Å². The zero-order valence-corrected chi connectivity index (χ0v) is 16.2. The van der Waals surface area contributed by atoms with Gasteiger partial charge in [-0.25, -0.2) is 4.98 Å². The van der Waals surface area contributed by atoms with E-state index in [2.05, 4.69) is 20.6 Å². The molecule has 0 unspecified atom stereocenters. The highest BCUT2D eigenvalue weighted by Gasteiger charge is 2.26. The van der Waals surface area contributed by atoms with Gasteiger partial charge >= 0.3 is 6.18 Å². The fraction of sp³-hybridized carbons (Fsp3) is 0.190. The van der Waals surface area contributed by atoms with Crippen LogP contribution < -0.4 is 16.2 Å². The van der Waals surface area contributed by atoms with E-state index in [4.69, 9.17) is 0 Å². The van der Waals surface area contributed by atoms with Gasteiger partial charge in [0, 0.05) is 36.6 Å². The first kappa shape index (κ1) is 20.6. The SMILES string of the molecule is O=C(NCc1ccc2cc(CNCC(F)(F)F)[nH]c2c1)c1cc(=O)n2ccccc2n1. The van der Waals surface area contributed by atoms with Crippen molar-refractivity contribution in [1.82, 2.24) is 25.0 Å². The van der Waals surface area contributed by atoms with Gasteiger partial charge in [-0.2, -0.15) is 13.2 Å². The number of H-pyrrole nitrogens is 1. The summed E-state index contributed by atoms with van der Waals surface area (Å²) in [5, 5.41) is 5.92. The van der Waals surface area contributed by atoms with Gasteiger partial charge in [0.05, 0.1) is 6.54 Å². The fourth-order valence-corrected chi connectivity index (χ4v) is 3.22. The lowest BCUT2D eigenvalue weighted by atomic mass is 10.1. The van der Waals surface area contributed by atoms with Crippen molar-refractivity contribution in [3.05, 3.63) is 82.0 Å². The molecule has 3 N–H and O–H groups in total. The van der Waals surface area contributed by atoms with Crippen molar-refractivity contribution in [2.75, 3.05) is 6.54 Å². The van der Waals surface area contributed by atoms with Crippen molar-refractivity contribution in [3.8, 4) is 0 Å². The first-order valence-corrected chi connectivity index (χ1v) is 9.43. The van der Waals surface area contributed by atoms with Crippen LogP contribution in [0.1, 0.15) is 21.7 Å². The Labute approximate surface area is 173 Å². The van der Waals surface area contributed by atoms with Gasteiger partial charge in [0.2, 0.25) is 0 Å². The summed E-state index contributed by atoms with van der Waals surface area (Å²) in [6.45, 7) is -0.805. The number of carbonyl (C=O) groups excluding carboxylic acids is 1. The molecule has 3 aromatic heterocycles. The highest BCUT2D eigenvalue weighted by atomic mass is 19.4. The second-order valence-corrected chi connectivity index (χ2v) is 7.03. The molecular formula is C21H18F3N5O2. The molecule has 0 saturated heterocycles. The summed E-state index contributed by atoms with van der Waals surface area (Å²) in [4.78, 5) is 31.9. The van der Waals surface area contributed by atoms with Gasteiger partial charge in [-0.15, -0.1) is 0 Å². The molecule has 0 saturated carbocycles. The molecule has 0 aliphatic heterocycles. The van der Waals surface area contributed by atoms with Gasteiger partial charge in [0.1, 0.15) is 11.3 Å². The monoisotopic (exact) mass is 429 g/mol. The number of pyridine rings is 1. The Morgan fingerprint density at radius 2 is 1.94 bits per heavy atom. The lowest BCUT2D eigenvalue weighted by molar-refractivity contribution is -0.125. The van der Waals surface area contributed by atoms with Crippen LogP contribution in [-0.2, 0) is 13.1 Å². The van der Waals surface area contributed by atoms with Crippen molar-refractivity contribution in [2.45, 2.75) is 19.3 Å². The number of fused-ring (bicyclic) bond motifs is 2. The number of aromatic amines is 1. The number of hydrogen-bond donors (Lipinski definition) is 3. The number of nitrogens with one attached hydrogen (secondary N) is 3. The maximum absolute atomic E-state index is 12.5. The van der Waals surface area contributed by atoms with E-state index in [1.54, 1.807) is 30.5 Å². The topological polar surface area (TPSA) is 91.3 Å². The molecule has 0 aliphatic rings. The standard InChI is InChI=1S/C21H18F3N5O2/c22-21(23,24)12-25-11-15-8-14-5-4-13(7-16(14)27-15)10-26-20(31)17-9-19(30)29-6-2-1-3-18(29)28-17/h1-9,25,27H,10-12H2,(H,26,31). The number of halogens is 3. The Balaban J connectivity index is 1.43. The Kier molecular flexibility index (Phi) is 5.47. The molecule has 4 rings (SSSR count). The molecule has 0 bridgehead atoms. The van der Waals surface area contributed by atoms with E-state index in [0.29, 0.717) is 11.3 Å². The summed E-state index contributed by atoms with van der Waals surface area (Å²) in [6.07, 6.45) is -2.69. The normalized spacial score (nSPS) is 11.8. The lowest BCUT2D eigenvalue weighted by Crippen LogP contribution is -2.28. The summed E-state index contributed by atoms with van der Waals surface area (Å²) < 4.78 is 38.1. The molecule has 1 amide bonds. The third-order valence-electron chi connectivity index (χ3n) is 4.64. The first-order valence-electron chi connectivity index (χ1n) is 9.43. The third kappa shape index (κ3) is 4.92. The van der Waals surface area contributed by atoms with Crippen LogP contribution in [0.2, 0.25) is 0 Å². The molecule has 0 radical (unpaired) electrons. The van der Waals surface area contributed by atoms with Crippen LogP contribution in [0.15, 0.2) is 59.5 Å². The number of alkyl halides is 3. The fourth-order valence-electron chi connectivity index (χ4n) is 3.22. The molecule has 3 heterocycles. The highest BCUT2D eigenvalue weighted by Crippen LogP contribution is 2.18. The van der Waals surface area contributed by atoms with Crippen molar-refractivity contribution >= 4 is 22.5 Å². The number of hydrogen-bond acceptors (Lipinski definition) is 4. The Bertz CT molecular complexity index is 1310. The molecule has 0 aliphatic carbocycles. The maximum atomic E-state index is 12.5. The summed E-state index contributed by atoms with van der Waals surface area (Å²) in [7, 11) is 0. The summed E-state index contributed by atoms with van der Waals surface area (Å²) in [5.74, 6) is -0.480. The van der Waals surface area contributed by atoms with E-state index in [1.807, 2.05) is 18.2 Å². The Morgan fingerprint density at radius 3 is 2.74 bits per heavy atom. The van der Waals surface area contributed by atoms with Crippen molar-refractivity contribution in [2.24, 2.45) is 0 Å². The first-order chi connectivity index (χ1) is 14.8. The molecule has 31 heavy (non-hydrogen) atoms. The minimum Gasteiger partial charge on any atom is -0.357 e. The molecule has 1 aromatic carbocycles. The number of rotatable bonds is 6. The number of amides is 1. The Hall–Kier alpha value is -3.66. The number of carbonyl (C=O) groups is 1. The van der Waals surface area contributed by atoms with E-state index >= 15 is 0 Å². The molecule has 0 spiro atoms. The van der Waals surface area contributed by atoms with Gasteiger partial charge in [0.25, 0.3) is 11.5 Å². The smallest absolute Gasteiger partial charge is 0.357 e. The van der Waals surface area contributed by atoms with Crippen LogP contribution in [0.25, 0.3) is 16.6 Å². The summed E-state index contributed by atoms with van der Waals surface area (Å²) in [6, 6.07) is 13.5. The van der Waals surface area contributed by atoms with Gasteiger partial charge < -0.3 is 15.6 Å². The number of benzene rings is 1. The van der Waals surface area contributed by atoms with E-state index in [0.717, 1.165) is 16.5 Å². The molecule has 7 nitrogen and oxygen atoms in total. The Morgan fingerprint density at radius 1 is 1.10 bits per heavy atom. The maximum Gasteiger partial charge on any atom is 0.401 e. The second-order valence-electron chi connectivity index (χ2n) is 7.03. The van der Waals surface area contributed by atoms with E-state index in [1.165, 1.54) is 10.5 Å². The zero-order chi connectivity index (χ0) is 22.0. The quantitative estimate of drug-likeness (QED) is 0.440. The average Bonchev–Trinajstić information content (AvgIpc) is 3.13. The largest absolute Gasteiger partial charge is 0.401 e. The van der Waals surface area contributed by atoms with Crippen LogP contribution in [0, 0.1) is 0 Å². The van der Waals surface area contributed by atoms with Crippen molar-refractivity contribution < 1.29 is 18.0 Å². The highest BCUT2D eigenvalue weighted by molar-refractivity contribution is 5.92. The number of nitrogens with zero attached hydrogens (tertiary/aromatic N) is 2. The van der Waals surface area contributed by atoms with Crippen LogP contribution >= 0.6 is 0 Å². The van der Waals surface area contributed by atoms with E-state index in [-0.39, 0.29) is 24.3 Å². The molecule has 0 fully saturated rings. The summed E-state index contributed by atoms with van der Waals surface area (Å²) in [5.41, 5.74) is 2.21. The second kappa shape index (κ2) is 8.23. The zero-order valence-electron chi connectivity index (χ0n) is 16.2. The van der Waals surface area contributed by atoms with Crippen LogP contribution in [0.5, 0.6) is 0 Å². The predicted octanol–water partition coefficient (Wildman–Crippen LogP) is 2.76.